The summed E-state index contributed by atoms with van der Waals surface area (Å²) < 4.78 is 6.95. The predicted octanol–water partition coefficient (Wildman–Crippen LogP) is 3.16. The molecule has 0 aliphatic carbocycles. The zero-order valence-corrected chi connectivity index (χ0v) is 16.6. The van der Waals surface area contributed by atoms with E-state index in [2.05, 4.69) is 15.2 Å². The van der Waals surface area contributed by atoms with Gasteiger partial charge in [0.2, 0.25) is 0 Å². The highest BCUT2D eigenvalue weighted by molar-refractivity contribution is 5.92. The van der Waals surface area contributed by atoms with Gasteiger partial charge < -0.3 is 9.42 Å². The largest absolute Gasteiger partial charge is 0.361 e. The second kappa shape index (κ2) is 7.18. The molecule has 0 radical (unpaired) electrons. The van der Waals surface area contributed by atoms with Crippen molar-refractivity contribution < 1.29 is 9.32 Å². The normalized spacial score (nSPS) is 17.1. The van der Waals surface area contributed by atoms with E-state index in [0.29, 0.717) is 18.1 Å². The van der Waals surface area contributed by atoms with Crippen molar-refractivity contribution in [2.24, 2.45) is 7.05 Å². The summed E-state index contributed by atoms with van der Waals surface area (Å²) in [4.78, 5) is 24.4. The molecule has 4 rings (SSSR count). The van der Waals surface area contributed by atoms with Crippen LogP contribution in [0.25, 0.3) is 11.3 Å². The monoisotopic (exact) mass is 380 g/mol. The van der Waals surface area contributed by atoms with Crippen molar-refractivity contribution in [3.05, 3.63) is 47.0 Å². The fraction of sp³-hybridized carbons (Fsp3) is 0.450. The third-order valence-electron chi connectivity index (χ3n) is 5.16. The molecule has 1 atom stereocenters. The molecular formula is C20H24N6O2. The van der Waals surface area contributed by atoms with E-state index in [1.54, 1.807) is 16.9 Å². The smallest absolute Gasteiger partial charge is 0.274 e. The standard InChI is InChI=1S/C20H24N6O2/c1-12-11-16(18-13(2)24-28-14(18)3)22-19(21-12)17-7-5-6-9-26(17)20(27)15-8-10-25(4)23-15/h8,10-11,17H,5-7,9H2,1-4H3. The first-order valence-electron chi connectivity index (χ1n) is 9.53. The van der Waals surface area contributed by atoms with Gasteiger partial charge >= 0.3 is 0 Å². The minimum Gasteiger partial charge on any atom is -0.361 e. The molecule has 1 unspecified atom stereocenters. The summed E-state index contributed by atoms with van der Waals surface area (Å²) in [5, 5.41) is 8.32. The first-order valence-corrected chi connectivity index (χ1v) is 9.53. The maximum absolute atomic E-state index is 13.1. The molecule has 8 nitrogen and oxygen atoms in total. The summed E-state index contributed by atoms with van der Waals surface area (Å²) in [5.41, 5.74) is 3.79. The summed E-state index contributed by atoms with van der Waals surface area (Å²) in [7, 11) is 1.81. The summed E-state index contributed by atoms with van der Waals surface area (Å²) >= 11 is 0. The van der Waals surface area contributed by atoms with Crippen molar-refractivity contribution >= 4 is 5.91 Å². The van der Waals surface area contributed by atoms with Crippen LogP contribution in [0.3, 0.4) is 0 Å². The molecule has 1 fully saturated rings. The summed E-state index contributed by atoms with van der Waals surface area (Å²) in [6, 6.07) is 3.52. The van der Waals surface area contributed by atoms with Crippen molar-refractivity contribution in [2.45, 2.75) is 46.1 Å². The van der Waals surface area contributed by atoms with Crippen LogP contribution >= 0.6 is 0 Å². The molecule has 146 valence electrons. The Balaban J connectivity index is 1.73. The lowest BCUT2D eigenvalue weighted by molar-refractivity contribution is 0.0592. The molecule has 0 spiro atoms. The summed E-state index contributed by atoms with van der Waals surface area (Å²) in [5.74, 6) is 1.32. The molecule has 3 aromatic rings. The second-order valence-corrected chi connectivity index (χ2v) is 7.34. The Kier molecular flexibility index (Phi) is 4.70. The molecule has 1 amide bonds. The van der Waals surface area contributed by atoms with Crippen LogP contribution in [0.4, 0.5) is 0 Å². The van der Waals surface area contributed by atoms with E-state index >= 15 is 0 Å². The molecular weight excluding hydrogens is 356 g/mol. The SMILES string of the molecule is Cc1cc(-c2c(C)noc2C)nc(C2CCCCN2C(=O)c2ccn(C)n2)n1. The van der Waals surface area contributed by atoms with Gasteiger partial charge in [0.25, 0.3) is 5.91 Å². The number of carbonyl (C=O) groups excluding carboxylic acids is 1. The van der Waals surface area contributed by atoms with Crippen molar-refractivity contribution in [1.29, 1.82) is 0 Å². The molecule has 0 aromatic carbocycles. The van der Waals surface area contributed by atoms with Crippen molar-refractivity contribution in [3.63, 3.8) is 0 Å². The number of piperidine rings is 1. The van der Waals surface area contributed by atoms with Crippen LogP contribution < -0.4 is 0 Å². The molecule has 3 aromatic heterocycles. The second-order valence-electron chi connectivity index (χ2n) is 7.34. The minimum atomic E-state index is -0.164. The van der Waals surface area contributed by atoms with Crippen LogP contribution in [0, 0.1) is 20.8 Å². The molecule has 4 heterocycles. The van der Waals surface area contributed by atoms with E-state index in [1.165, 1.54) is 0 Å². The van der Waals surface area contributed by atoms with E-state index in [0.717, 1.165) is 47.7 Å². The molecule has 0 bridgehead atoms. The molecule has 1 aliphatic heterocycles. The zero-order valence-electron chi connectivity index (χ0n) is 16.6. The number of likely N-dealkylation sites (tertiary alicyclic amines) is 1. The number of hydrogen-bond acceptors (Lipinski definition) is 6. The van der Waals surface area contributed by atoms with Gasteiger partial charge in [-0.25, -0.2) is 9.97 Å². The van der Waals surface area contributed by atoms with Crippen molar-refractivity contribution in [1.82, 2.24) is 29.8 Å². The Morgan fingerprint density at radius 3 is 2.71 bits per heavy atom. The Morgan fingerprint density at radius 1 is 1.21 bits per heavy atom. The lowest BCUT2D eigenvalue weighted by atomic mass is 10.00. The van der Waals surface area contributed by atoms with Gasteiger partial charge in [0.1, 0.15) is 11.5 Å². The molecule has 0 N–H and O–H groups in total. The van der Waals surface area contributed by atoms with Crippen LogP contribution in [-0.4, -0.2) is 42.3 Å². The quantitative estimate of drug-likeness (QED) is 0.693. The van der Waals surface area contributed by atoms with Crippen LogP contribution in [0.2, 0.25) is 0 Å². The van der Waals surface area contributed by atoms with Gasteiger partial charge in [-0.3, -0.25) is 9.48 Å². The lowest BCUT2D eigenvalue weighted by Crippen LogP contribution is -2.39. The van der Waals surface area contributed by atoms with E-state index in [1.807, 2.05) is 38.8 Å². The van der Waals surface area contributed by atoms with Gasteiger partial charge in [0, 0.05) is 25.5 Å². The summed E-state index contributed by atoms with van der Waals surface area (Å²) in [6.45, 7) is 6.41. The Hall–Kier alpha value is -3.03. The van der Waals surface area contributed by atoms with Gasteiger partial charge in [-0.2, -0.15) is 5.10 Å². The van der Waals surface area contributed by atoms with Gasteiger partial charge in [0.05, 0.1) is 23.0 Å². The van der Waals surface area contributed by atoms with Crippen LogP contribution in [-0.2, 0) is 7.05 Å². The van der Waals surface area contributed by atoms with Gasteiger partial charge in [-0.15, -0.1) is 0 Å². The molecule has 8 heteroatoms. The Morgan fingerprint density at radius 2 is 2.04 bits per heavy atom. The third-order valence-corrected chi connectivity index (χ3v) is 5.16. The van der Waals surface area contributed by atoms with Crippen molar-refractivity contribution in [3.8, 4) is 11.3 Å². The topological polar surface area (TPSA) is 89.9 Å². The summed E-state index contributed by atoms with van der Waals surface area (Å²) in [6.07, 6.45) is 4.63. The average Bonchev–Trinajstić information content (AvgIpc) is 3.26. The lowest BCUT2D eigenvalue weighted by Gasteiger charge is -2.34. The van der Waals surface area contributed by atoms with E-state index < -0.39 is 0 Å². The van der Waals surface area contributed by atoms with Crippen LogP contribution in [0.15, 0.2) is 22.9 Å². The van der Waals surface area contributed by atoms with E-state index in [9.17, 15) is 4.79 Å². The molecule has 1 saturated heterocycles. The fourth-order valence-corrected chi connectivity index (χ4v) is 3.84. The van der Waals surface area contributed by atoms with Crippen molar-refractivity contribution in [2.75, 3.05) is 6.54 Å². The van der Waals surface area contributed by atoms with Crippen LogP contribution in [0.5, 0.6) is 0 Å². The third kappa shape index (κ3) is 3.30. The fourth-order valence-electron chi connectivity index (χ4n) is 3.84. The number of aryl methyl sites for hydroxylation is 4. The maximum atomic E-state index is 13.1. The number of carbonyl (C=O) groups is 1. The molecule has 0 saturated carbocycles. The number of rotatable bonds is 3. The first kappa shape index (κ1) is 18.3. The van der Waals surface area contributed by atoms with Crippen LogP contribution in [0.1, 0.15) is 58.8 Å². The van der Waals surface area contributed by atoms with Gasteiger partial charge in [0.15, 0.2) is 5.82 Å². The highest BCUT2D eigenvalue weighted by atomic mass is 16.5. The Labute approximate surface area is 163 Å². The maximum Gasteiger partial charge on any atom is 0.274 e. The van der Waals surface area contributed by atoms with Gasteiger partial charge in [-0.05, 0) is 52.2 Å². The first-order chi connectivity index (χ1) is 13.4. The highest BCUT2D eigenvalue weighted by Gasteiger charge is 2.32. The predicted molar refractivity (Wildman–Crippen MR) is 103 cm³/mol. The van der Waals surface area contributed by atoms with E-state index in [4.69, 9.17) is 9.51 Å². The van der Waals surface area contributed by atoms with Gasteiger partial charge in [-0.1, -0.05) is 5.16 Å². The average molecular weight is 380 g/mol. The zero-order chi connectivity index (χ0) is 19.8. The van der Waals surface area contributed by atoms with E-state index in [-0.39, 0.29) is 11.9 Å². The number of nitrogens with zero attached hydrogens (tertiary/aromatic N) is 6. The number of amides is 1. The molecule has 28 heavy (non-hydrogen) atoms. The number of hydrogen-bond donors (Lipinski definition) is 0. The highest BCUT2D eigenvalue weighted by Crippen LogP contribution is 2.32. The Bertz CT molecular complexity index is 1000. The minimum absolute atomic E-state index is 0.0747. The number of aromatic nitrogens is 5. The molecule has 1 aliphatic rings.